The first-order valence-corrected chi connectivity index (χ1v) is 9.32. The van der Waals surface area contributed by atoms with Crippen molar-refractivity contribution in [1.29, 1.82) is 0 Å². The van der Waals surface area contributed by atoms with Gasteiger partial charge in [0.15, 0.2) is 0 Å². The Morgan fingerprint density at radius 1 is 1.00 bits per heavy atom. The maximum absolute atomic E-state index is 12.1. The molecule has 6 nitrogen and oxygen atoms in total. The molecular formula is C17H15F3N2O4S. The van der Waals surface area contributed by atoms with Crippen LogP contribution >= 0.6 is 0 Å². The van der Waals surface area contributed by atoms with Crippen molar-refractivity contribution in [2.45, 2.75) is 6.36 Å². The van der Waals surface area contributed by atoms with Crippen LogP contribution < -0.4 is 14.8 Å². The molecule has 0 unspecified atom stereocenters. The van der Waals surface area contributed by atoms with Gasteiger partial charge in [0.25, 0.3) is 0 Å². The second-order valence-corrected chi connectivity index (χ2v) is 7.14. The summed E-state index contributed by atoms with van der Waals surface area (Å²) < 4.78 is 64.5. The molecule has 2 aromatic rings. The fraction of sp³-hybridized carbons (Fsp3) is 0.118. The first-order valence-electron chi connectivity index (χ1n) is 7.43. The lowest BCUT2D eigenvalue weighted by Crippen LogP contribution is -2.16. The molecule has 0 atom stereocenters. The number of amides is 1. The van der Waals surface area contributed by atoms with Crippen molar-refractivity contribution in [3.63, 3.8) is 0 Å². The average Bonchev–Trinajstić information content (AvgIpc) is 2.53. The summed E-state index contributed by atoms with van der Waals surface area (Å²) in [5, 5.41) is 2.57. The molecule has 10 heteroatoms. The van der Waals surface area contributed by atoms with Crippen molar-refractivity contribution in [1.82, 2.24) is 0 Å². The number of hydrogen-bond donors (Lipinski definition) is 2. The molecule has 144 valence electrons. The van der Waals surface area contributed by atoms with Gasteiger partial charge in [0.2, 0.25) is 15.9 Å². The van der Waals surface area contributed by atoms with Crippen LogP contribution in [0, 0.1) is 0 Å². The smallest absolute Gasteiger partial charge is 0.406 e. The molecule has 2 aromatic carbocycles. The molecule has 0 aliphatic carbocycles. The number of halogens is 3. The lowest BCUT2D eigenvalue weighted by atomic mass is 10.2. The molecule has 0 spiro atoms. The van der Waals surface area contributed by atoms with Gasteiger partial charge >= 0.3 is 6.36 Å². The van der Waals surface area contributed by atoms with E-state index in [1.807, 2.05) is 0 Å². The van der Waals surface area contributed by atoms with Crippen LogP contribution in [0.4, 0.5) is 24.5 Å². The standard InChI is InChI=1S/C17H15F3N2O4S/c1-27(24,25)22-14-7-5-13(6-8-14)21-16(23)11-4-12-2-9-15(10-3-12)26-17(18,19)20/h2-11,22H,1H3,(H,21,23)/b11-4+. The first kappa shape index (κ1) is 20.3. The van der Waals surface area contributed by atoms with Crippen molar-refractivity contribution in [2.24, 2.45) is 0 Å². The number of carbonyl (C=O) groups excluding carboxylic acids is 1. The monoisotopic (exact) mass is 400 g/mol. The molecule has 0 saturated heterocycles. The molecule has 0 aliphatic heterocycles. The van der Waals surface area contributed by atoms with E-state index in [-0.39, 0.29) is 5.75 Å². The van der Waals surface area contributed by atoms with Gasteiger partial charge in [-0.25, -0.2) is 8.42 Å². The van der Waals surface area contributed by atoms with Crippen LogP contribution in [0.5, 0.6) is 5.75 Å². The Balaban J connectivity index is 1.93. The highest BCUT2D eigenvalue weighted by Gasteiger charge is 2.30. The van der Waals surface area contributed by atoms with Gasteiger partial charge in [-0.3, -0.25) is 9.52 Å². The SMILES string of the molecule is CS(=O)(=O)Nc1ccc(NC(=O)/C=C/c2ccc(OC(F)(F)F)cc2)cc1. The zero-order valence-corrected chi connectivity index (χ0v) is 14.8. The highest BCUT2D eigenvalue weighted by atomic mass is 32.2. The van der Waals surface area contributed by atoms with Crippen LogP contribution in [-0.4, -0.2) is 26.9 Å². The molecule has 0 fully saturated rings. The summed E-state index contributed by atoms with van der Waals surface area (Å²) in [4.78, 5) is 11.9. The van der Waals surface area contributed by atoms with Crippen LogP contribution in [0.3, 0.4) is 0 Å². The molecule has 0 saturated carbocycles. The molecule has 0 aliphatic rings. The van der Waals surface area contributed by atoms with E-state index >= 15 is 0 Å². The molecule has 2 rings (SSSR count). The van der Waals surface area contributed by atoms with Gasteiger partial charge in [0.1, 0.15) is 5.75 Å². The Morgan fingerprint density at radius 3 is 2.07 bits per heavy atom. The van der Waals surface area contributed by atoms with E-state index in [0.29, 0.717) is 16.9 Å². The van der Waals surface area contributed by atoms with Crippen LogP contribution in [0.25, 0.3) is 6.08 Å². The average molecular weight is 400 g/mol. The van der Waals surface area contributed by atoms with Gasteiger partial charge in [-0.1, -0.05) is 12.1 Å². The fourth-order valence-corrected chi connectivity index (χ4v) is 2.54. The van der Waals surface area contributed by atoms with Gasteiger partial charge < -0.3 is 10.1 Å². The number of hydrogen-bond acceptors (Lipinski definition) is 4. The third kappa shape index (κ3) is 7.82. The summed E-state index contributed by atoms with van der Waals surface area (Å²) >= 11 is 0. The number of nitrogens with one attached hydrogen (secondary N) is 2. The van der Waals surface area contributed by atoms with E-state index in [4.69, 9.17) is 0 Å². The quantitative estimate of drug-likeness (QED) is 0.726. The molecular weight excluding hydrogens is 385 g/mol. The van der Waals surface area contributed by atoms with Crippen molar-refractivity contribution < 1.29 is 31.1 Å². The molecule has 0 radical (unpaired) electrons. The summed E-state index contributed by atoms with van der Waals surface area (Å²) in [5.41, 5.74) is 1.30. The normalized spacial score (nSPS) is 12.0. The van der Waals surface area contributed by atoms with E-state index in [1.165, 1.54) is 48.6 Å². The van der Waals surface area contributed by atoms with Crippen LogP contribution in [0.15, 0.2) is 54.6 Å². The minimum absolute atomic E-state index is 0.354. The van der Waals surface area contributed by atoms with Crippen molar-refractivity contribution in [3.8, 4) is 5.75 Å². The van der Waals surface area contributed by atoms with E-state index in [1.54, 1.807) is 0 Å². The Kier molecular flexibility index (Phi) is 6.11. The minimum atomic E-state index is -4.76. The Labute approximate surface area is 153 Å². The Morgan fingerprint density at radius 2 is 1.56 bits per heavy atom. The zero-order valence-electron chi connectivity index (χ0n) is 13.9. The molecule has 1 amide bonds. The first-order chi connectivity index (χ1) is 12.5. The largest absolute Gasteiger partial charge is 0.573 e. The van der Waals surface area contributed by atoms with E-state index in [0.717, 1.165) is 18.4 Å². The molecule has 27 heavy (non-hydrogen) atoms. The number of carbonyl (C=O) groups is 1. The number of sulfonamides is 1. The van der Waals surface area contributed by atoms with E-state index in [2.05, 4.69) is 14.8 Å². The number of rotatable bonds is 6. The number of anilines is 2. The second-order valence-electron chi connectivity index (χ2n) is 5.39. The van der Waals surface area contributed by atoms with Crippen molar-refractivity contribution in [3.05, 3.63) is 60.2 Å². The van der Waals surface area contributed by atoms with Gasteiger partial charge in [-0.2, -0.15) is 0 Å². The van der Waals surface area contributed by atoms with Crippen LogP contribution in [0.2, 0.25) is 0 Å². The highest BCUT2D eigenvalue weighted by molar-refractivity contribution is 7.92. The molecule has 0 bridgehead atoms. The third-order valence-electron chi connectivity index (χ3n) is 3.00. The van der Waals surface area contributed by atoms with Crippen LogP contribution in [0.1, 0.15) is 5.56 Å². The predicted octanol–water partition coefficient (Wildman–Crippen LogP) is 3.61. The summed E-state index contributed by atoms with van der Waals surface area (Å²) in [7, 11) is -3.39. The van der Waals surface area contributed by atoms with Crippen molar-refractivity contribution >= 4 is 33.4 Å². The number of alkyl halides is 3. The Bertz CT molecular complexity index is 922. The van der Waals surface area contributed by atoms with Crippen LogP contribution in [-0.2, 0) is 14.8 Å². The highest BCUT2D eigenvalue weighted by Crippen LogP contribution is 2.23. The fourth-order valence-electron chi connectivity index (χ4n) is 1.97. The molecule has 0 heterocycles. The second kappa shape index (κ2) is 8.12. The third-order valence-corrected chi connectivity index (χ3v) is 3.60. The molecule has 2 N–H and O–H groups in total. The maximum Gasteiger partial charge on any atom is 0.573 e. The summed E-state index contributed by atoms with van der Waals surface area (Å²) in [6.07, 6.45) is -1.10. The minimum Gasteiger partial charge on any atom is -0.406 e. The van der Waals surface area contributed by atoms with Gasteiger partial charge in [0, 0.05) is 17.5 Å². The summed E-state index contributed by atoms with van der Waals surface area (Å²) in [5.74, 6) is -0.818. The topological polar surface area (TPSA) is 84.5 Å². The lowest BCUT2D eigenvalue weighted by Gasteiger charge is -2.08. The summed E-state index contributed by atoms with van der Waals surface area (Å²) in [6.45, 7) is 0. The van der Waals surface area contributed by atoms with Gasteiger partial charge in [0.05, 0.1) is 6.26 Å². The van der Waals surface area contributed by atoms with E-state index in [9.17, 15) is 26.4 Å². The van der Waals surface area contributed by atoms with Crippen molar-refractivity contribution in [2.75, 3.05) is 16.3 Å². The maximum atomic E-state index is 12.1. The van der Waals surface area contributed by atoms with Gasteiger partial charge in [-0.15, -0.1) is 13.2 Å². The number of ether oxygens (including phenoxy) is 1. The Hall–Kier alpha value is -3.01. The molecule has 0 aromatic heterocycles. The van der Waals surface area contributed by atoms with E-state index < -0.39 is 22.3 Å². The summed E-state index contributed by atoms with van der Waals surface area (Å²) in [6, 6.07) is 11.0. The lowest BCUT2D eigenvalue weighted by molar-refractivity contribution is -0.274. The zero-order chi connectivity index (χ0) is 20.1. The number of benzene rings is 2. The predicted molar refractivity (Wildman–Crippen MR) is 95.7 cm³/mol. The van der Waals surface area contributed by atoms with Gasteiger partial charge in [-0.05, 0) is 48.0 Å².